The van der Waals surface area contributed by atoms with Gasteiger partial charge < -0.3 is 0 Å². The molecule has 0 aliphatic heterocycles. The zero-order valence-corrected chi connectivity index (χ0v) is 45.1. The molecule has 0 N–H and O–H groups in total. The van der Waals surface area contributed by atoms with E-state index in [0.717, 1.165) is 94.7 Å². The van der Waals surface area contributed by atoms with Crippen LogP contribution in [0.25, 0.3) is 0 Å². The lowest BCUT2D eigenvalue weighted by atomic mass is 9.42. The molecule has 8 atom stereocenters. The number of rotatable bonds is 2. The highest BCUT2D eigenvalue weighted by Crippen LogP contribution is 2.62. The molecule has 61 heavy (non-hydrogen) atoms. The minimum Gasteiger partial charge on any atom is -0.0625 e. The van der Waals surface area contributed by atoms with E-state index in [1.54, 1.807) is 12.8 Å². The van der Waals surface area contributed by atoms with Gasteiger partial charge in [-0.05, 0) is 188 Å². The lowest BCUT2D eigenvalue weighted by Crippen LogP contribution is -2.56. The SMILES string of the molecule is CC1C(C)(C)C(C)C1(C)C.CC1CCC(C(C)(C)C2CCC(C)CC2)CC1.CC1CCCC(C)CCC1.C[C@@H]1CCC2CC[C@H](C)CC2C1.C[C@H]1CCC2C[C@@H](C)CCC2C1. The minimum absolute atomic E-state index is 0.573. The second-order valence-corrected chi connectivity index (χ2v) is 27.6. The molecule has 8 rings (SSSR count). The van der Waals surface area contributed by atoms with Crippen molar-refractivity contribution in [2.45, 2.75) is 278 Å². The molecule has 0 bridgehead atoms. The Balaban J connectivity index is 0.000000170. The van der Waals surface area contributed by atoms with Crippen LogP contribution in [0.3, 0.4) is 0 Å². The molecule has 8 aliphatic rings. The molecular weight excluding hydrogens is 733 g/mol. The van der Waals surface area contributed by atoms with Crippen LogP contribution in [-0.4, -0.2) is 0 Å². The first-order valence-electron chi connectivity index (χ1n) is 28.6. The lowest BCUT2D eigenvalue weighted by Gasteiger charge is -2.62. The Bertz CT molecular complexity index is 1060. The van der Waals surface area contributed by atoms with Crippen LogP contribution in [-0.2, 0) is 0 Å². The van der Waals surface area contributed by atoms with Gasteiger partial charge in [0.2, 0.25) is 0 Å². The predicted octanol–water partition coefficient (Wildman–Crippen LogP) is 20.3. The fourth-order valence-electron chi connectivity index (χ4n) is 15.6. The van der Waals surface area contributed by atoms with Crippen LogP contribution in [0.4, 0.5) is 0 Å². The van der Waals surface area contributed by atoms with Crippen molar-refractivity contribution < 1.29 is 0 Å². The molecular formula is C61H116. The predicted molar refractivity (Wildman–Crippen MR) is 274 cm³/mol. The summed E-state index contributed by atoms with van der Waals surface area (Å²) in [4.78, 5) is 0. The van der Waals surface area contributed by atoms with Gasteiger partial charge in [0.15, 0.2) is 0 Å². The van der Waals surface area contributed by atoms with Gasteiger partial charge in [-0.1, -0.05) is 201 Å². The number of hydrogen-bond acceptors (Lipinski definition) is 0. The fraction of sp³-hybridized carbons (Fsp3) is 1.00. The average Bonchev–Trinajstić information content (AvgIpc) is 3.21. The number of hydrogen-bond donors (Lipinski definition) is 0. The molecule has 0 heteroatoms. The molecule has 8 fully saturated rings. The molecule has 0 aromatic carbocycles. The van der Waals surface area contributed by atoms with E-state index in [9.17, 15) is 0 Å². The highest BCUT2D eigenvalue weighted by atomic mass is 14.6. The van der Waals surface area contributed by atoms with Crippen LogP contribution >= 0.6 is 0 Å². The molecule has 0 aromatic rings. The Kier molecular flexibility index (Phi) is 21.7. The normalized spacial score (nSPS) is 43.3. The third-order valence-corrected chi connectivity index (χ3v) is 21.7. The summed E-state index contributed by atoms with van der Waals surface area (Å²) in [5.74, 6) is 16.3. The first-order chi connectivity index (χ1) is 28.6. The van der Waals surface area contributed by atoms with E-state index in [1.807, 2.05) is 0 Å². The third-order valence-electron chi connectivity index (χ3n) is 21.7. The first-order valence-corrected chi connectivity index (χ1v) is 28.6. The Morgan fingerprint density at radius 3 is 0.820 bits per heavy atom. The van der Waals surface area contributed by atoms with Gasteiger partial charge in [-0.15, -0.1) is 0 Å². The fourth-order valence-corrected chi connectivity index (χ4v) is 15.6. The van der Waals surface area contributed by atoms with Crippen molar-refractivity contribution >= 4 is 0 Å². The average molecular weight is 850 g/mol. The van der Waals surface area contributed by atoms with Crippen molar-refractivity contribution in [1.29, 1.82) is 0 Å². The smallest absolute Gasteiger partial charge is 0.0292 e. The van der Waals surface area contributed by atoms with E-state index in [2.05, 4.69) is 111 Å². The number of fused-ring (bicyclic) bond motifs is 2. The van der Waals surface area contributed by atoms with E-state index < -0.39 is 0 Å². The quantitative estimate of drug-likeness (QED) is 0.260. The summed E-state index contributed by atoms with van der Waals surface area (Å²) < 4.78 is 0. The molecule has 0 saturated heterocycles. The van der Waals surface area contributed by atoms with Crippen molar-refractivity contribution in [3.8, 4) is 0 Å². The summed E-state index contributed by atoms with van der Waals surface area (Å²) in [6.45, 7) is 38.9. The largest absolute Gasteiger partial charge is 0.0625 e. The lowest BCUT2D eigenvalue weighted by molar-refractivity contribution is -0.141. The van der Waals surface area contributed by atoms with E-state index in [4.69, 9.17) is 0 Å². The molecule has 0 heterocycles. The molecule has 0 aromatic heterocycles. The molecule has 4 unspecified atom stereocenters. The molecule has 8 aliphatic carbocycles. The summed E-state index contributed by atoms with van der Waals surface area (Å²) in [6.07, 6.45) is 39.1. The van der Waals surface area contributed by atoms with Crippen molar-refractivity contribution in [1.82, 2.24) is 0 Å². The van der Waals surface area contributed by atoms with Gasteiger partial charge in [-0.2, -0.15) is 0 Å². The van der Waals surface area contributed by atoms with Crippen molar-refractivity contribution in [3.05, 3.63) is 0 Å². The highest BCUT2D eigenvalue weighted by molar-refractivity contribution is 5.04. The van der Waals surface area contributed by atoms with E-state index in [0.29, 0.717) is 16.2 Å². The summed E-state index contributed by atoms with van der Waals surface area (Å²) in [7, 11) is 0. The topological polar surface area (TPSA) is 0 Å². The zero-order chi connectivity index (χ0) is 45.1. The molecule has 8 saturated carbocycles. The van der Waals surface area contributed by atoms with Gasteiger partial charge in [0.05, 0.1) is 0 Å². The Labute approximate surface area is 387 Å². The van der Waals surface area contributed by atoms with E-state index in [-0.39, 0.29) is 0 Å². The van der Waals surface area contributed by atoms with Gasteiger partial charge >= 0.3 is 0 Å². The van der Waals surface area contributed by atoms with Crippen molar-refractivity contribution in [3.63, 3.8) is 0 Å². The van der Waals surface area contributed by atoms with Crippen molar-refractivity contribution in [2.75, 3.05) is 0 Å². The second kappa shape index (κ2) is 24.7. The van der Waals surface area contributed by atoms with Gasteiger partial charge in [0.25, 0.3) is 0 Å². The van der Waals surface area contributed by atoms with Gasteiger partial charge in [0, 0.05) is 0 Å². The van der Waals surface area contributed by atoms with Crippen LogP contribution in [0, 0.1) is 111 Å². The molecule has 0 amide bonds. The maximum atomic E-state index is 2.58. The Morgan fingerprint density at radius 2 is 0.525 bits per heavy atom. The third kappa shape index (κ3) is 16.1. The van der Waals surface area contributed by atoms with Crippen LogP contribution in [0.5, 0.6) is 0 Å². The Morgan fingerprint density at radius 1 is 0.279 bits per heavy atom. The molecule has 0 spiro atoms. The van der Waals surface area contributed by atoms with Crippen LogP contribution in [0.1, 0.15) is 278 Å². The van der Waals surface area contributed by atoms with Gasteiger partial charge in [-0.25, -0.2) is 0 Å². The molecule has 360 valence electrons. The highest BCUT2D eigenvalue weighted by Gasteiger charge is 2.56. The van der Waals surface area contributed by atoms with E-state index >= 15 is 0 Å². The van der Waals surface area contributed by atoms with Gasteiger partial charge in [0.1, 0.15) is 0 Å². The minimum atomic E-state index is 0.573. The first kappa shape index (κ1) is 53.6. The summed E-state index contributed by atoms with van der Waals surface area (Å²) in [6, 6.07) is 0. The van der Waals surface area contributed by atoms with Crippen LogP contribution < -0.4 is 0 Å². The summed E-state index contributed by atoms with van der Waals surface area (Å²) in [5, 5.41) is 0. The van der Waals surface area contributed by atoms with Gasteiger partial charge in [-0.3, -0.25) is 0 Å². The zero-order valence-electron chi connectivity index (χ0n) is 45.1. The maximum Gasteiger partial charge on any atom is -0.0292 e. The molecule has 0 nitrogen and oxygen atoms in total. The van der Waals surface area contributed by atoms with Crippen LogP contribution in [0.2, 0.25) is 0 Å². The standard InChI is InChI=1S/C17H32.2C12H22.2C10H20/c1-13-5-9-15(10-6-13)17(3,4)16-11-7-14(2)8-12-16;1-9-3-5-12-8-10(2)4-6-11(12)7-9;1-9-3-5-11-6-4-10(2)8-12(11)7-9;1-7-9(3,4)8(2)10(7,5)6;1-9-5-3-7-10(2)8-4-6-9/h13-16H,5-12H2,1-4H3;2*9-12H,3-8H2,1-2H3;7-8H,1-6H3;9-10H,3-8H2,1-2H3/t;9-,10-,11?,12?;9-,10+,11?,12?;;/m.0.../s1. The summed E-state index contributed by atoms with van der Waals surface area (Å²) in [5.41, 5.74) is 1.76. The second-order valence-electron chi connectivity index (χ2n) is 27.6. The van der Waals surface area contributed by atoms with E-state index in [1.165, 1.54) is 154 Å². The van der Waals surface area contributed by atoms with Crippen LogP contribution in [0.15, 0.2) is 0 Å². The summed E-state index contributed by atoms with van der Waals surface area (Å²) >= 11 is 0. The molecule has 0 radical (unpaired) electrons. The monoisotopic (exact) mass is 849 g/mol. The van der Waals surface area contributed by atoms with Crippen molar-refractivity contribution in [2.24, 2.45) is 111 Å². The maximum absolute atomic E-state index is 2.58. The Hall–Kier alpha value is 0.